The van der Waals surface area contributed by atoms with Crippen molar-refractivity contribution in [1.29, 1.82) is 0 Å². The number of nitrogens with zero attached hydrogens (tertiary/aromatic N) is 1. The van der Waals surface area contributed by atoms with Crippen molar-refractivity contribution >= 4 is 0 Å². The van der Waals surface area contributed by atoms with Crippen molar-refractivity contribution in [2.45, 2.75) is 31.8 Å². The highest BCUT2D eigenvalue weighted by molar-refractivity contribution is 5.29. The Kier molecular flexibility index (Phi) is 4.22. The van der Waals surface area contributed by atoms with Crippen LogP contribution >= 0.6 is 0 Å². The van der Waals surface area contributed by atoms with E-state index < -0.39 is 0 Å². The van der Waals surface area contributed by atoms with Gasteiger partial charge in [0.05, 0.1) is 7.11 Å². The minimum absolute atomic E-state index is 0.285. The average molecular weight is 278 g/mol. The lowest BCUT2D eigenvalue weighted by molar-refractivity contribution is 0.312. The molecule has 1 heterocycles. The molecule has 1 atom stereocenters. The minimum Gasteiger partial charge on any atom is -0.494 e. The maximum atomic E-state index is 13.6. The molecule has 3 rings (SSSR count). The molecule has 1 aliphatic heterocycles. The number of nitrogens with one attached hydrogen (secondary N) is 1. The van der Waals surface area contributed by atoms with E-state index in [0.717, 1.165) is 30.6 Å². The Morgan fingerprint density at radius 2 is 2.20 bits per heavy atom. The van der Waals surface area contributed by atoms with Crippen molar-refractivity contribution in [2.75, 3.05) is 26.7 Å². The molecule has 1 aromatic rings. The molecule has 1 aromatic carbocycles. The smallest absolute Gasteiger partial charge is 0.165 e. The van der Waals surface area contributed by atoms with Gasteiger partial charge in [-0.15, -0.1) is 0 Å². The van der Waals surface area contributed by atoms with Crippen LogP contribution in [0.5, 0.6) is 5.75 Å². The molecule has 2 fully saturated rings. The molecule has 1 N–H and O–H groups in total. The Labute approximate surface area is 120 Å². The zero-order valence-electron chi connectivity index (χ0n) is 12.1. The maximum Gasteiger partial charge on any atom is 0.165 e. The largest absolute Gasteiger partial charge is 0.494 e. The fourth-order valence-corrected chi connectivity index (χ4v) is 3.04. The summed E-state index contributed by atoms with van der Waals surface area (Å²) in [4.78, 5) is 2.62. The number of ether oxygens (including phenoxy) is 1. The lowest BCUT2D eigenvalue weighted by Crippen LogP contribution is -2.27. The van der Waals surface area contributed by atoms with Gasteiger partial charge in [-0.2, -0.15) is 0 Å². The molecule has 0 unspecified atom stereocenters. The highest BCUT2D eigenvalue weighted by Crippen LogP contribution is 2.31. The van der Waals surface area contributed by atoms with Crippen molar-refractivity contribution in [1.82, 2.24) is 10.2 Å². The van der Waals surface area contributed by atoms with Crippen LogP contribution in [-0.2, 0) is 6.54 Å². The van der Waals surface area contributed by atoms with Crippen LogP contribution in [0.15, 0.2) is 18.2 Å². The van der Waals surface area contributed by atoms with Crippen LogP contribution in [-0.4, -0.2) is 37.7 Å². The van der Waals surface area contributed by atoms with Gasteiger partial charge in [0.15, 0.2) is 11.6 Å². The van der Waals surface area contributed by atoms with E-state index in [0.29, 0.717) is 5.75 Å². The third-order valence-electron chi connectivity index (χ3n) is 4.36. The summed E-state index contributed by atoms with van der Waals surface area (Å²) >= 11 is 0. The first-order chi connectivity index (χ1) is 9.76. The third-order valence-corrected chi connectivity index (χ3v) is 4.36. The van der Waals surface area contributed by atoms with E-state index in [9.17, 15) is 4.39 Å². The summed E-state index contributed by atoms with van der Waals surface area (Å²) < 4.78 is 18.5. The molecule has 4 heteroatoms. The second kappa shape index (κ2) is 6.10. The first-order valence-electron chi connectivity index (χ1n) is 7.53. The molecule has 1 saturated carbocycles. The number of likely N-dealkylation sites (tertiary alicyclic amines) is 1. The first-order valence-corrected chi connectivity index (χ1v) is 7.53. The van der Waals surface area contributed by atoms with E-state index >= 15 is 0 Å². The molecular weight excluding hydrogens is 255 g/mol. The monoisotopic (exact) mass is 278 g/mol. The average Bonchev–Trinajstić information content (AvgIpc) is 3.19. The molecule has 110 valence electrons. The fraction of sp³-hybridized carbons (Fsp3) is 0.625. The molecular formula is C16H23FN2O. The normalized spacial score (nSPS) is 23.2. The van der Waals surface area contributed by atoms with E-state index in [1.807, 2.05) is 6.07 Å². The number of hydrogen-bond acceptors (Lipinski definition) is 3. The fourth-order valence-electron chi connectivity index (χ4n) is 3.04. The van der Waals surface area contributed by atoms with Crippen LogP contribution in [0.25, 0.3) is 0 Å². The lowest BCUT2D eigenvalue weighted by Gasteiger charge is -2.15. The maximum absolute atomic E-state index is 13.6. The summed E-state index contributed by atoms with van der Waals surface area (Å²) in [5, 5.41) is 3.45. The van der Waals surface area contributed by atoms with Gasteiger partial charge in [-0.1, -0.05) is 6.07 Å². The van der Waals surface area contributed by atoms with Crippen LogP contribution in [0, 0.1) is 11.7 Å². The van der Waals surface area contributed by atoms with E-state index in [-0.39, 0.29) is 5.82 Å². The first kappa shape index (κ1) is 13.8. The topological polar surface area (TPSA) is 24.5 Å². The standard InChI is InChI=1S/C16H23FN2O/c1-20-16-5-2-12(8-15(16)17)9-18-10-13-6-7-19(11-13)14-3-4-14/h2,5,8,13-14,18H,3-4,6-7,9-11H2,1H3/t13-/m0/s1. The van der Waals surface area contributed by atoms with Gasteiger partial charge in [-0.05, 0) is 56.0 Å². The summed E-state index contributed by atoms with van der Waals surface area (Å²) in [5.41, 5.74) is 0.973. The van der Waals surface area contributed by atoms with Crippen LogP contribution in [0.1, 0.15) is 24.8 Å². The minimum atomic E-state index is -0.285. The van der Waals surface area contributed by atoms with Gasteiger partial charge in [0.1, 0.15) is 0 Å². The number of benzene rings is 1. The SMILES string of the molecule is COc1ccc(CNC[C@@H]2CCN(C3CC3)C2)cc1F. The predicted octanol–water partition coefficient (Wildman–Crippen LogP) is 2.41. The van der Waals surface area contributed by atoms with E-state index in [4.69, 9.17) is 4.74 Å². The van der Waals surface area contributed by atoms with Crippen LogP contribution < -0.4 is 10.1 Å². The Morgan fingerprint density at radius 1 is 1.35 bits per heavy atom. The highest BCUT2D eigenvalue weighted by atomic mass is 19.1. The van der Waals surface area contributed by atoms with Gasteiger partial charge in [-0.25, -0.2) is 4.39 Å². The second-order valence-electron chi connectivity index (χ2n) is 5.98. The molecule has 2 aliphatic rings. The van der Waals surface area contributed by atoms with Gasteiger partial charge >= 0.3 is 0 Å². The quantitative estimate of drug-likeness (QED) is 0.865. The number of methoxy groups -OCH3 is 1. The van der Waals surface area contributed by atoms with Gasteiger partial charge < -0.3 is 15.0 Å². The lowest BCUT2D eigenvalue weighted by atomic mass is 10.1. The molecule has 1 saturated heterocycles. The molecule has 0 bridgehead atoms. The molecule has 1 aliphatic carbocycles. The van der Waals surface area contributed by atoms with Crippen molar-refractivity contribution in [3.8, 4) is 5.75 Å². The van der Waals surface area contributed by atoms with Crippen molar-refractivity contribution in [3.63, 3.8) is 0 Å². The third kappa shape index (κ3) is 3.30. The number of halogens is 1. The van der Waals surface area contributed by atoms with E-state index in [1.54, 1.807) is 12.1 Å². The summed E-state index contributed by atoms with van der Waals surface area (Å²) in [6.07, 6.45) is 4.08. The number of rotatable bonds is 6. The zero-order valence-corrected chi connectivity index (χ0v) is 12.1. The highest BCUT2D eigenvalue weighted by Gasteiger charge is 2.33. The molecule has 0 aromatic heterocycles. The summed E-state index contributed by atoms with van der Waals surface area (Å²) in [7, 11) is 1.49. The van der Waals surface area contributed by atoms with Crippen LogP contribution in [0.3, 0.4) is 0 Å². The second-order valence-corrected chi connectivity index (χ2v) is 5.98. The predicted molar refractivity (Wildman–Crippen MR) is 77.4 cm³/mol. The summed E-state index contributed by atoms with van der Waals surface area (Å²) in [6.45, 7) is 4.24. The molecule has 0 amide bonds. The molecule has 0 radical (unpaired) electrons. The van der Waals surface area contributed by atoms with Gasteiger partial charge in [0.25, 0.3) is 0 Å². The molecule has 20 heavy (non-hydrogen) atoms. The Morgan fingerprint density at radius 3 is 2.90 bits per heavy atom. The molecule has 3 nitrogen and oxygen atoms in total. The van der Waals surface area contributed by atoms with Crippen LogP contribution in [0.2, 0.25) is 0 Å². The Bertz CT molecular complexity index is 462. The summed E-state index contributed by atoms with van der Waals surface area (Å²) in [5.74, 6) is 0.774. The zero-order chi connectivity index (χ0) is 13.9. The number of hydrogen-bond donors (Lipinski definition) is 1. The Balaban J connectivity index is 1.42. The van der Waals surface area contributed by atoms with Gasteiger partial charge in [0, 0.05) is 19.1 Å². The van der Waals surface area contributed by atoms with Crippen LogP contribution in [0.4, 0.5) is 4.39 Å². The molecule has 0 spiro atoms. The van der Waals surface area contributed by atoms with E-state index in [2.05, 4.69) is 10.2 Å². The summed E-state index contributed by atoms with van der Waals surface area (Å²) in [6, 6.07) is 6.05. The van der Waals surface area contributed by atoms with E-state index in [1.165, 1.54) is 39.5 Å². The van der Waals surface area contributed by atoms with Crippen molar-refractivity contribution in [3.05, 3.63) is 29.6 Å². The van der Waals surface area contributed by atoms with Crippen molar-refractivity contribution < 1.29 is 9.13 Å². The Hall–Kier alpha value is -1.13. The van der Waals surface area contributed by atoms with Gasteiger partial charge in [-0.3, -0.25) is 0 Å². The van der Waals surface area contributed by atoms with Crippen molar-refractivity contribution in [2.24, 2.45) is 5.92 Å². The van der Waals surface area contributed by atoms with Gasteiger partial charge in [0.2, 0.25) is 0 Å².